The molecule has 1 aliphatic carbocycles. The molecule has 1 aromatic rings. The SMILES string of the molecule is FC1(F)CC(N2CC3COC[C@@H]3C2)Cc2ccccc21. The monoisotopic (exact) mass is 279 g/mol. The summed E-state index contributed by atoms with van der Waals surface area (Å²) in [6.07, 6.45) is 0.719. The predicted molar refractivity (Wildman–Crippen MR) is 71.8 cm³/mol. The van der Waals surface area contributed by atoms with Crippen molar-refractivity contribution in [2.24, 2.45) is 11.8 Å². The van der Waals surface area contributed by atoms with E-state index in [1.54, 1.807) is 12.1 Å². The number of fused-ring (bicyclic) bond motifs is 2. The van der Waals surface area contributed by atoms with Crippen molar-refractivity contribution in [2.75, 3.05) is 26.3 Å². The van der Waals surface area contributed by atoms with Crippen LogP contribution in [0.5, 0.6) is 0 Å². The zero-order valence-electron chi connectivity index (χ0n) is 11.4. The fourth-order valence-corrected chi connectivity index (χ4v) is 4.07. The van der Waals surface area contributed by atoms with Crippen molar-refractivity contribution in [3.63, 3.8) is 0 Å². The second-order valence-corrected chi connectivity index (χ2v) is 6.44. The molecule has 1 aromatic carbocycles. The Hall–Kier alpha value is -1.00. The Bertz CT molecular complexity index is 507. The van der Waals surface area contributed by atoms with Crippen molar-refractivity contribution in [2.45, 2.75) is 24.8 Å². The van der Waals surface area contributed by atoms with Crippen molar-refractivity contribution < 1.29 is 13.5 Å². The Morgan fingerprint density at radius 3 is 2.55 bits per heavy atom. The van der Waals surface area contributed by atoms with Gasteiger partial charge < -0.3 is 4.74 Å². The minimum atomic E-state index is -2.69. The fourth-order valence-electron chi connectivity index (χ4n) is 4.07. The summed E-state index contributed by atoms with van der Waals surface area (Å²) in [6, 6.07) is 6.99. The van der Waals surface area contributed by atoms with Gasteiger partial charge in [0.15, 0.2) is 0 Å². The van der Waals surface area contributed by atoms with Gasteiger partial charge in [-0.25, -0.2) is 8.78 Å². The normalized spacial score (nSPS) is 35.8. The zero-order valence-corrected chi connectivity index (χ0v) is 11.4. The van der Waals surface area contributed by atoms with E-state index in [1.807, 2.05) is 12.1 Å². The summed E-state index contributed by atoms with van der Waals surface area (Å²) in [5, 5.41) is 0. The maximum Gasteiger partial charge on any atom is 0.275 e. The molecule has 108 valence electrons. The molecule has 2 nitrogen and oxygen atoms in total. The van der Waals surface area contributed by atoms with Gasteiger partial charge in [-0.1, -0.05) is 24.3 Å². The van der Waals surface area contributed by atoms with E-state index >= 15 is 0 Å². The van der Waals surface area contributed by atoms with Crippen molar-refractivity contribution in [3.05, 3.63) is 35.4 Å². The molecule has 0 spiro atoms. The summed E-state index contributed by atoms with van der Waals surface area (Å²) in [7, 11) is 0. The van der Waals surface area contributed by atoms with Crippen molar-refractivity contribution >= 4 is 0 Å². The van der Waals surface area contributed by atoms with E-state index in [0.29, 0.717) is 11.8 Å². The first-order valence-electron chi connectivity index (χ1n) is 7.41. The van der Waals surface area contributed by atoms with Crippen molar-refractivity contribution in [1.82, 2.24) is 4.90 Å². The Morgan fingerprint density at radius 2 is 1.80 bits per heavy atom. The van der Waals surface area contributed by atoms with Gasteiger partial charge in [0.25, 0.3) is 5.92 Å². The van der Waals surface area contributed by atoms with Crippen LogP contribution >= 0.6 is 0 Å². The summed E-state index contributed by atoms with van der Waals surface area (Å²) < 4.78 is 34.1. The predicted octanol–water partition coefficient (Wildman–Crippen LogP) is 2.67. The van der Waals surface area contributed by atoms with E-state index in [4.69, 9.17) is 4.74 Å². The highest BCUT2D eigenvalue weighted by Crippen LogP contribution is 2.43. The van der Waals surface area contributed by atoms with Gasteiger partial charge >= 0.3 is 0 Å². The van der Waals surface area contributed by atoms with E-state index in [-0.39, 0.29) is 18.0 Å². The lowest BCUT2D eigenvalue weighted by molar-refractivity contribution is -0.0473. The van der Waals surface area contributed by atoms with Crippen LogP contribution in [-0.4, -0.2) is 37.2 Å². The molecule has 2 saturated heterocycles. The van der Waals surface area contributed by atoms with E-state index in [0.717, 1.165) is 38.3 Å². The topological polar surface area (TPSA) is 12.5 Å². The maximum atomic E-state index is 14.3. The summed E-state index contributed by atoms with van der Waals surface area (Å²) >= 11 is 0. The Kier molecular flexibility index (Phi) is 2.86. The van der Waals surface area contributed by atoms with Crippen LogP contribution in [0.15, 0.2) is 24.3 Å². The molecule has 2 fully saturated rings. The van der Waals surface area contributed by atoms with Crippen LogP contribution in [0.25, 0.3) is 0 Å². The molecule has 20 heavy (non-hydrogen) atoms. The summed E-state index contributed by atoms with van der Waals surface area (Å²) in [5.41, 5.74) is 1.06. The third-order valence-corrected chi connectivity index (χ3v) is 5.14. The number of halogens is 2. The third-order valence-electron chi connectivity index (χ3n) is 5.14. The molecule has 3 aliphatic rings. The van der Waals surface area contributed by atoms with Gasteiger partial charge in [-0.3, -0.25) is 4.90 Å². The summed E-state index contributed by atoms with van der Waals surface area (Å²) in [6.45, 7) is 3.46. The molecule has 3 atom stereocenters. The molecule has 4 rings (SSSR count). The average Bonchev–Trinajstić information content (AvgIpc) is 2.98. The van der Waals surface area contributed by atoms with Crippen molar-refractivity contribution in [1.29, 1.82) is 0 Å². The van der Waals surface area contributed by atoms with Gasteiger partial charge in [-0.2, -0.15) is 0 Å². The largest absolute Gasteiger partial charge is 0.381 e. The molecule has 2 unspecified atom stereocenters. The highest BCUT2D eigenvalue weighted by molar-refractivity contribution is 5.34. The van der Waals surface area contributed by atoms with Gasteiger partial charge in [0, 0.05) is 43.0 Å². The van der Waals surface area contributed by atoms with Crippen LogP contribution in [0.2, 0.25) is 0 Å². The molecule has 2 aliphatic heterocycles. The zero-order chi connectivity index (χ0) is 13.7. The Morgan fingerprint density at radius 1 is 1.10 bits per heavy atom. The quantitative estimate of drug-likeness (QED) is 0.783. The smallest absolute Gasteiger partial charge is 0.275 e. The standard InChI is InChI=1S/C16H19F2NO/c17-16(18)6-14(5-11-3-1-2-4-15(11)16)19-7-12-9-20-10-13(12)8-19/h1-4,12-14H,5-10H2/t12-,13?,14?/m0/s1. The number of hydrogen-bond donors (Lipinski definition) is 0. The second kappa shape index (κ2) is 4.50. The van der Waals surface area contributed by atoms with Crippen LogP contribution in [-0.2, 0) is 17.1 Å². The molecule has 0 aromatic heterocycles. The van der Waals surface area contributed by atoms with Crippen LogP contribution in [0.3, 0.4) is 0 Å². The van der Waals surface area contributed by atoms with Crippen LogP contribution in [0, 0.1) is 11.8 Å². The molecular weight excluding hydrogens is 260 g/mol. The first kappa shape index (κ1) is 12.7. The lowest BCUT2D eigenvalue weighted by Crippen LogP contribution is -2.43. The molecule has 0 N–H and O–H groups in total. The lowest BCUT2D eigenvalue weighted by atomic mass is 9.85. The number of alkyl halides is 2. The van der Waals surface area contributed by atoms with Crippen LogP contribution < -0.4 is 0 Å². The Balaban J connectivity index is 1.57. The lowest BCUT2D eigenvalue weighted by Gasteiger charge is -2.37. The molecule has 0 saturated carbocycles. The third kappa shape index (κ3) is 1.97. The number of rotatable bonds is 1. The number of likely N-dealkylation sites (tertiary alicyclic amines) is 1. The maximum absolute atomic E-state index is 14.3. The van der Waals surface area contributed by atoms with Gasteiger partial charge in [0.1, 0.15) is 0 Å². The molecule has 2 heterocycles. The first-order valence-corrected chi connectivity index (χ1v) is 7.41. The van der Waals surface area contributed by atoms with E-state index in [1.165, 1.54) is 0 Å². The first-order chi connectivity index (χ1) is 9.63. The van der Waals surface area contributed by atoms with Gasteiger partial charge in [0.05, 0.1) is 13.2 Å². The fraction of sp³-hybridized carbons (Fsp3) is 0.625. The minimum absolute atomic E-state index is 0.0227. The van der Waals surface area contributed by atoms with Crippen LogP contribution in [0.1, 0.15) is 17.5 Å². The second-order valence-electron chi connectivity index (χ2n) is 6.44. The van der Waals surface area contributed by atoms with Gasteiger partial charge in [-0.15, -0.1) is 0 Å². The summed E-state index contributed by atoms with van der Waals surface area (Å²) in [5.74, 6) is -1.57. The molecule has 0 radical (unpaired) electrons. The van der Waals surface area contributed by atoms with Crippen LogP contribution in [0.4, 0.5) is 8.78 Å². The number of ether oxygens (including phenoxy) is 1. The number of nitrogens with zero attached hydrogens (tertiary/aromatic N) is 1. The van der Waals surface area contributed by atoms with Gasteiger partial charge in [0.2, 0.25) is 0 Å². The Labute approximate surface area is 117 Å². The molecular formula is C16H19F2NO. The van der Waals surface area contributed by atoms with E-state index in [2.05, 4.69) is 4.90 Å². The molecule has 0 bridgehead atoms. The average molecular weight is 279 g/mol. The van der Waals surface area contributed by atoms with Crippen molar-refractivity contribution in [3.8, 4) is 0 Å². The summed E-state index contributed by atoms with van der Waals surface area (Å²) in [4.78, 5) is 2.28. The number of benzene rings is 1. The number of hydrogen-bond acceptors (Lipinski definition) is 2. The highest BCUT2D eigenvalue weighted by atomic mass is 19.3. The van der Waals surface area contributed by atoms with E-state index < -0.39 is 5.92 Å². The van der Waals surface area contributed by atoms with Gasteiger partial charge in [-0.05, 0) is 12.0 Å². The molecule has 4 heteroatoms. The molecule has 0 amide bonds. The van der Waals surface area contributed by atoms with E-state index in [9.17, 15) is 8.78 Å². The minimum Gasteiger partial charge on any atom is -0.381 e. The highest BCUT2D eigenvalue weighted by Gasteiger charge is 2.46.